The van der Waals surface area contributed by atoms with E-state index in [0.29, 0.717) is 12.2 Å². The molecule has 8 nitrogen and oxygen atoms in total. The van der Waals surface area contributed by atoms with Crippen molar-refractivity contribution in [3.05, 3.63) is 11.6 Å². The lowest BCUT2D eigenvalue weighted by molar-refractivity contribution is 0.339. The normalized spacial score (nSPS) is 31.7. The van der Waals surface area contributed by atoms with Gasteiger partial charge in [-0.05, 0) is 12.8 Å². The maximum atomic E-state index is 5.48. The standard InChI is InChI=1S/C19H28N4O4/c1-11(2)17-20-18(12(3-13-7-24-13)4-14-8-25-14)22-19(21-17)23(5-15-9-26-15)6-16-10-27-16/h11-16H,3-10H2,1-2H3. The summed E-state index contributed by atoms with van der Waals surface area (Å²) in [5, 5.41) is 0. The Morgan fingerprint density at radius 3 is 1.70 bits per heavy atom. The van der Waals surface area contributed by atoms with Gasteiger partial charge >= 0.3 is 0 Å². The molecule has 4 atom stereocenters. The molecule has 0 amide bonds. The van der Waals surface area contributed by atoms with Gasteiger partial charge in [-0.1, -0.05) is 13.8 Å². The van der Waals surface area contributed by atoms with E-state index in [2.05, 4.69) is 18.7 Å². The van der Waals surface area contributed by atoms with Gasteiger partial charge in [-0.15, -0.1) is 0 Å². The molecule has 8 heteroatoms. The van der Waals surface area contributed by atoms with E-state index >= 15 is 0 Å². The van der Waals surface area contributed by atoms with Crippen molar-refractivity contribution in [3.63, 3.8) is 0 Å². The molecular weight excluding hydrogens is 348 g/mol. The average Bonchev–Trinajstić information content (AvgIpc) is 3.48. The van der Waals surface area contributed by atoms with Gasteiger partial charge < -0.3 is 23.8 Å². The molecule has 4 saturated heterocycles. The number of aromatic nitrogens is 3. The lowest BCUT2D eigenvalue weighted by Crippen LogP contribution is -2.34. The maximum Gasteiger partial charge on any atom is 0.229 e. The minimum atomic E-state index is 0.247. The molecule has 4 aliphatic rings. The zero-order valence-electron chi connectivity index (χ0n) is 16.0. The molecule has 148 valence electrons. The molecule has 5 rings (SSSR count). The van der Waals surface area contributed by atoms with Gasteiger partial charge in [0.25, 0.3) is 0 Å². The van der Waals surface area contributed by atoms with Gasteiger partial charge in [0.15, 0.2) is 0 Å². The zero-order chi connectivity index (χ0) is 18.4. The summed E-state index contributed by atoms with van der Waals surface area (Å²) in [6, 6.07) is 0. The van der Waals surface area contributed by atoms with Gasteiger partial charge in [-0.25, -0.2) is 4.98 Å². The average molecular weight is 376 g/mol. The van der Waals surface area contributed by atoms with Crippen LogP contribution in [0.25, 0.3) is 0 Å². The Balaban J connectivity index is 1.43. The Morgan fingerprint density at radius 1 is 0.778 bits per heavy atom. The van der Waals surface area contributed by atoms with Crippen LogP contribution in [-0.4, -0.2) is 78.9 Å². The fourth-order valence-corrected chi connectivity index (χ4v) is 3.41. The van der Waals surface area contributed by atoms with Gasteiger partial charge in [-0.2, -0.15) is 9.97 Å². The van der Waals surface area contributed by atoms with Gasteiger partial charge in [0.05, 0.1) is 50.8 Å². The predicted octanol–water partition coefficient (Wildman–Crippen LogP) is 1.26. The summed E-state index contributed by atoms with van der Waals surface area (Å²) in [5.41, 5.74) is 0. The molecule has 0 N–H and O–H groups in total. The molecule has 4 unspecified atom stereocenters. The van der Waals surface area contributed by atoms with Crippen LogP contribution in [0.4, 0.5) is 5.95 Å². The first-order valence-corrected chi connectivity index (χ1v) is 10.1. The first-order chi connectivity index (χ1) is 13.1. The van der Waals surface area contributed by atoms with Crippen LogP contribution in [0, 0.1) is 0 Å². The molecule has 1 aromatic rings. The predicted molar refractivity (Wildman–Crippen MR) is 97.1 cm³/mol. The van der Waals surface area contributed by atoms with Crippen molar-refractivity contribution in [2.24, 2.45) is 0 Å². The highest BCUT2D eigenvalue weighted by Crippen LogP contribution is 2.34. The summed E-state index contributed by atoms with van der Waals surface area (Å²) >= 11 is 0. The number of hydrogen-bond donors (Lipinski definition) is 0. The minimum absolute atomic E-state index is 0.247. The first-order valence-electron chi connectivity index (χ1n) is 10.1. The second-order valence-corrected chi connectivity index (χ2v) is 8.40. The highest BCUT2D eigenvalue weighted by Gasteiger charge is 2.36. The van der Waals surface area contributed by atoms with Crippen molar-refractivity contribution in [2.45, 2.75) is 62.9 Å². The molecule has 0 spiro atoms. The molecule has 0 bridgehead atoms. The Bertz CT molecular complexity index is 593. The van der Waals surface area contributed by atoms with Crippen LogP contribution in [0.5, 0.6) is 0 Å². The van der Waals surface area contributed by atoms with Gasteiger partial charge in [0, 0.05) is 24.9 Å². The fraction of sp³-hybridized carbons (Fsp3) is 0.842. The van der Waals surface area contributed by atoms with E-state index in [1.807, 2.05) is 0 Å². The number of hydrogen-bond acceptors (Lipinski definition) is 8. The Kier molecular flexibility index (Phi) is 4.75. The van der Waals surface area contributed by atoms with Crippen LogP contribution >= 0.6 is 0 Å². The second kappa shape index (κ2) is 7.24. The van der Waals surface area contributed by atoms with Gasteiger partial charge in [0.1, 0.15) is 11.6 Å². The quantitative estimate of drug-likeness (QED) is 0.533. The van der Waals surface area contributed by atoms with E-state index in [1.54, 1.807) is 0 Å². The third kappa shape index (κ3) is 4.93. The van der Waals surface area contributed by atoms with Gasteiger partial charge in [0.2, 0.25) is 5.95 Å². The Morgan fingerprint density at radius 2 is 1.26 bits per heavy atom. The third-order valence-electron chi connectivity index (χ3n) is 5.37. The van der Waals surface area contributed by atoms with Gasteiger partial charge in [-0.3, -0.25) is 0 Å². The van der Waals surface area contributed by atoms with Crippen molar-refractivity contribution in [2.75, 3.05) is 44.4 Å². The highest BCUT2D eigenvalue weighted by molar-refractivity contribution is 5.32. The molecule has 0 saturated carbocycles. The van der Waals surface area contributed by atoms with Crippen molar-refractivity contribution < 1.29 is 18.9 Å². The van der Waals surface area contributed by atoms with Crippen LogP contribution in [0.1, 0.15) is 50.2 Å². The lowest BCUT2D eigenvalue weighted by atomic mass is 9.96. The molecule has 0 aliphatic carbocycles. The molecule has 4 aliphatic heterocycles. The van der Waals surface area contributed by atoms with Crippen molar-refractivity contribution in [1.82, 2.24) is 15.0 Å². The van der Waals surface area contributed by atoms with Crippen LogP contribution in [0.3, 0.4) is 0 Å². The second-order valence-electron chi connectivity index (χ2n) is 8.40. The van der Waals surface area contributed by atoms with Crippen LogP contribution in [0.15, 0.2) is 0 Å². The Labute approximate surface area is 159 Å². The number of ether oxygens (including phenoxy) is 4. The molecule has 0 radical (unpaired) electrons. The fourth-order valence-electron chi connectivity index (χ4n) is 3.41. The molecule has 1 aromatic heterocycles. The van der Waals surface area contributed by atoms with E-state index in [1.165, 1.54) is 0 Å². The third-order valence-corrected chi connectivity index (χ3v) is 5.37. The summed E-state index contributed by atoms with van der Waals surface area (Å²) in [6.45, 7) is 9.21. The molecular formula is C19H28N4O4. The summed E-state index contributed by atoms with van der Waals surface area (Å²) in [5.74, 6) is 2.99. The van der Waals surface area contributed by atoms with Crippen LogP contribution in [-0.2, 0) is 18.9 Å². The molecule has 4 fully saturated rings. The summed E-state index contributed by atoms with van der Waals surface area (Å²) < 4.78 is 21.9. The van der Waals surface area contributed by atoms with E-state index in [4.69, 9.17) is 33.9 Å². The maximum absolute atomic E-state index is 5.48. The van der Waals surface area contributed by atoms with Crippen molar-refractivity contribution >= 4 is 5.95 Å². The van der Waals surface area contributed by atoms with E-state index in [9.17, 15) is 0 Å². The van der Waals surface area contributed by atoms with E-state index in [-0.39, 0.29) is 24.0 Å². The van der Waals surface area contributed by atoms with Crippen LogP contribution in [0.2, 0.25) is 0 Å². The van der Waals surface area contributed by atoms with E-state index < -0.39 is 0 Å². The number of nitrogens with zero attached hydrogens (tertiary/aromatic N) is 4. The van der Waals surface area contributed by atoms with E-state index in [0.717, 1.165) is 70.0 Å². The zero-order valence-corrected chi connectivity index (χ0v) is 16.0. The topological polar surface area (TPSA) is 92.0 Å². The molecule has 5 heterocycles. The summed E-state index contributed by atoms with van der Waals surface area (Å²) in [7, 11) is 0. The number of rotatable bonds is 11. The summed E-state index contributed by atoms with van der Waals surface area (Å²) in [4.78, 5) is 16.8. The molecule has 27 heavy (non-hydrogen) atoms. The Hall–Kier alpha value is -1.35. The first kappa shape index (κ1) is 17.7. The highest BCUT2D eigenvalue weighted by atomic mass is 16.6. The number of epoxide rings is 4. The monoisotopic (exact) mass is 376 g/mol. The molecule has 0 aromatic carbocycles. The minimum Gasteiger partial charge on any atom is -0.373 e. The SMILES string of the molecule is CC(C)c1nc(C(CC2CO2)CC2CO2)nc(N(CC2CO2)CC2CO2)n1. The van der Waals surface area contributed by atoms with Crippen LogP contribution < -0.4 is 4.90 Å². The van der Waals surface area contributed by atoms with Crippen molar-refractivity contribution in [3.8, 4) is 0 Å². The number of anilines is 1. The smallest absolute Gasteiger partial charge is 0.229 e. The van der Waals surface area contributed by atoms with Crippen molar-refractivity contribution in [1.29, 1.82) is 0 Å². The summed E-state index contributed by atoms with van der Waals surface area (Å²) in [6.07, 6.45) is 3.15. The lowest BCUT2D eigenvalue weighted by Gasteiger charge is -2.24. The largest absolute Gasteiger partial charge is 0.373 e.